The number of carbonyl (C=O) groups excluding carboxylic acids is 1. The van der Waals surface area contributed by atoms with Crippen LogP contribution in [0.1, 0.15) is 30.1 Å². The molecular formula is C18H20N2O2S. The summed E-state index contributed by atoms with van der Waals surface area (Å²) in [6, 6.07) is 16.7. The summed E-state index contributed by atoms with van der Waals surface area (Å²) in [4.78, 5) is 11.8. The molecule has 0 heterocycles. The molecule has 0 fully saturated rings. The zero-order valence-corrected chi connectivity index (χ0v) is 13.9. The van der Waals surface area contributed by atoms with E-state index in [4.69, 9.17) is 17.0 Å². The lowest BCUT2D eigenvalue weighted by atomic mass is 10.2. The van der Waals surface area contributed by atoms with Gasteiger partial charge < -0.3 is 15.4 Å². The highest BCUT2D eigenvalue weighted by Crippen LogP contribution is 2.12. The van der Waals surface area contributed by atoms with Crippen molar-refractivity contribution in [2.45, 2.75) is 19.8 Å². The van der Waals surface area contributed by atoms with Gasteiger partial charge in [0.05, 0.1) is 12.2 Å². The van der Waals surface area contributed by atoms with Crippen LogP contribution in [0.25, 0.3) is 0 Å². The highest BCUT2D eigenvalue weighted by Gasteiger charge is 2.07. The topological polar surface area (TPSA) is 50.4 Å². The van der Waals surface area contributed by atoms with Gasteiger partial charge in [-0.2, -0.15) is 0 Å². The molecule has 0 unspecified atom stereocenters. The quantitative estimate of drug-likeness (QED) is 0.466. The largest absolute Gasteiger partial charge is 0.462 e. The molecule has 120 valence electrons. The standard InChI is InChI=1S/C18H20N2O2S/c1-2-3-13-22-17(21)14-9-11-16(12-10-14)20-18(23)19-15-7-5-4-6-8-15/h4-12H,2-3,13H2,1H3,(H2,19,20,23). The van der Waals surface area contributed by atoms with E-state index in [9.17, 15) is 4.79 Å². The van der Waals surface area contributed by atoms with Crippen molar-refractivity contribution in [1.29, 1.82) is 0 Å². The van der Waals surface area contributed by atoms with E-state index in [1.54, 1.807) is 24.3 Å². The molecule has 0 amide bonds. The van der Waals surface area contributed by atoms with Crippen LogP contribution in [0.4, 0.5) is 11.4 Å². The van der Waals surface area contributed by atoms with Crippen molar-refractivity contribution in [2.75, 3.05) is 17.2 Å². The van der Waals surface area contributed by atoms with Crippen LogP contribution < -0.4 is 10.6 Å². The second kappa shape index (κ2) is 8.90. The zero-order chi connectivity index (χ0) is 16.5. The van der Waals surface area contributed by atoms with Gasteiger partial charge in [-0.25, -0.2) is 4.79 Å². The Morgan fingerprint density at radius 1 is 1.00 bits per heavy atom. The molecule has 0 saturated carbocycles. The van der Waals surface area contributed by atoms with E-state index >= 15 is 0 Å². The summed E-state index contributed by atoms with van der Waals surface area (Å²) in [5, 5.41) is 6.66. The molecule has 0 aliphatic heterocycles. The number of para-hydroxylation sites is 1. The molecule has 2 aromatic carbocycles. The Morgan fingerprint density at radius 3 is 2.22 bits per heavy atom. The SMILES string of the molecule is CCCCOC(=O)c1ccc(NC(=S)Nc2ccccc2)cc1. The second-order valence-electron chi connectivity index (χ2n) is 5.01. The van der Waals surface area contributed by atoms with Crippen molar-refractivity contribution in [3.05, 3.63) is 60.2 Å². The van der Waals surface area contributed by atoms with Gasteiger partial charge in [0.15, 0.2) is 5.11 Å². The lowest BCUT2D eigenvalue weighted by molar-refractivity contribution is 0.0500. The minimum absolute atomic E-state index is 0.296. The smallest absolute Gasteiger partial charge is 0.338 e. The third-order valence-corrected chi connectivity index (χ3v) is 3.35. The lowest BCUT2D eigenvalue weighted by Crippen LogP contribution is -2.19. The Bertz CT molecular complexity index is 642. The molecule has 5 heteroatoms. The van der Waals surface area contributed by atoms with E-state index in [0.29, 0.717) is 17.3 Å². The monoisotopic (exact) mass is 328 g/mol. The number of carbonyl (C=O) groups is 1. The van der Waals surface area contributed by atoms with Gasteiger partial charge in [0.2, 0.25) is 0 Å². The number of ether oxygens (including phenoxy) is 1. The fourth-order valence-corrected chi connectivity index (χ4v) is 2.13. The van der Waals surface area contributed by atoms with Gasteiger partial charge in [-0.3, -0.25) is 0 Å². The average molecular weight is 328 g/mol. The minimum Gasteiger partial charge on any atom is -0.462 e. The van der Waals surface area contributed by atoms with Crippen LogP contribution in [0.2, 0.25) is 0 Å². The van der Waals surface area contributed by atoms with Crippen molar-refractivity contribution in [3.8, 4) is 0 Å². The Balaban J connectivity index is 1.87. The number of nitrogens with one attached hydrogen (secondary N) is 2. The van der Waals surface area contributed by atoms with Crippen LogP contribution in [0, 0.1) is 0 Å². The van der Waals surface area contributed by atoms with Gasteiger partial charge in [-0.05, 0) is 55.0 Å². The number of hydrogen-bond donors (Lipinski definition) is 2. The molecule has 0 atom stereocenters. The molecule has 0 aliphatic carbocycles. The first kappa shape index (κ1) is 17.0. The van der Waals surface area contributed by atoms with Crippen LogP contribution in [0.5, 0.6) is 0 Å². The van der Waals surface area contributed by atoms with Crippen molar-refractivity contribution >= 4 is 34.7 Å². The van der Waals surface area contributed by atoms with Crippen molar-refractivity contribution in [1.82, 2.24) is 0 Å². The number of esters is 1. The van der Waals surface area contributed by atoms with E-state index in [0.717, 1.165) is 24.2 Å². The van der Waals surface area contributed by atoms with Crippen LogP contribution in [0.3, 0.4) is 0 Å². The molecule has 0 saturated heterocycles. The maximum absolute atomic E-state index is 11.8. The second-order valence-corrected chi connectivity index (χ2v) is 5.42. The molecule has 2 rings (SSSR count). The summed E-state index contributed by atoms with van der Waals surface area (Å²) < 4.78 is 5.17. The minimum atomic E-state index is -0.296. The maximum Gasteiger partial charge on any atom is 0.338 e. The maximum atomic E-state index is 11.8. The highest BCUT2D eigenvalue weighted by molar-refractivity contribution is 7.80. The first-order valence-electron chi connectivity index (χ1n) is 7.59. The summed E-state index contributed by atoms with van der Waals surface area (Å²) >= 11 is 5.26. The number of hydrogen-bond acceptors (Lipinski definition) is 3. The third kappa shape index (κ3) is 5.71. The van der Waals surface area contributed by atoms with E-state index in [1.807, 2.05) is 30.3 Å². The Morgan fingerprint density at radius 2 is 1.61 bits per heavy atom. The number of anilines is 2. The number of unbranched alkanes of at least 4 members (excludes halogenated alkanes) is 1. The normalized spacial score (nSPS) is 9.96. The van der Waals surface area contributed by atoms with Gasteiger partial charge in [0.25, 0.3) is 0 Å². The van der Waals surface area contributed by atoms with Gasteiger partial charge >= 0.3 is 5.97 Å². The van der Waals surface area contributed by atoms with Crippen molar-refractivity contribution in [3.63, 3.8) is 0 Å². The Labute approximate surface area is 141 Å². The van der Waals surface area contributed by atoms with Crippen molar-refractivity contribution < 1.29 is 9.53 Å². The zero-order valence-electron chi connectivity index (χ0n) is 13.0. The summed E-state index contributed by atoms with van der Waals surface area (Å²) in [5.41, 5.74) is 2.26. The molecular weight excluding hydrogens is 308 g/mol. The van der Waals surface area contributed by atoms with Crippen LogP contribution in [-0.4, -0.2) is 17.7 Å². The molecule has 0 radical (unpaired) electrons. The van der Waals surface area contributed by atoms with E-state index in [-0.39, 0.29) is 5.97 Å². The first-order chi connectivity index (χ1) is 11.2. The molecule has 0 aromatic heterocycles. The first-order valence-corrected chi connectivity index (χ1v) is 8.00. The summed E-state index contributed by atoms with van der Waals surface area (Å²) in [5.74, 6) is -0.296. The van der Waals surface area contributed by atoms with Gasteiger partial charge in [-0.1, -0.05) is 31.5 Å². The Hall–Kier alpha value is -2.40. The molecule has 4 nitrogen and oxygen atoms in total. The van der Waals surface area contributed by atoms with E-state index in [1.165, 1.54) is 0 Å². The van der Waals surface area contributed by atoms with Crippen LogP contribution >= 0.6 is 12.2 Å². The average Bonchev–Trinajstić information content (AvgIpc) is 2.56. The van der Waals surface area contributed by atoms with E-state index in [2.05, 4.69) is 17.6 Å². The molecule has 2 aromatic rings. The van der Waals surface area contributed by atoms with Gasteiger partial charge in [0.1, 0.15) is 0 Å². The predicted octanol–water partition coefficient (Wildman–Crippen LogP) is 4.45. The predicted molar refractivity (Wildman–Crippen MR) is 97.9 cm³/mol. The number of rotatable bonds is 6. The lowest BCUT2D eigenvalue weighted by Gasteiger charge is -2.11. The summed E-state index contributed by atoms with van der Waals surface area (Å²) in [6.07, 6.45) is 1.88. The molecule has 0 aliphatic rings. The summed E-state index contributed by atoms with van der Waals surface area (Å²) in [6.45, 7) is 2.51. The van der Waals surface area contributed by atoms with Gasteiger partial charge in [0, 0.05) is 11.4 Å². The molecule has 2 N–H and O–H groups in total. The fraction of sp³-hybridized carbons (Fsp3) is 0.222. The molecule has 0 bridgehead atoms. The van der Waals surface area contributed by atoms with Crippen molar-refractivity contribution in [2.24, 2.45) is 0 Å². The Kier molecular flexibility index (Phi) is 6.56. The molecule has 23 heavy (non-hydrogen) atoms. The van der Waals surface area contributed by atoms with Crippen LogP contribution in [-0.2, 0) is 4.74 Å². The highest BCUT2D eigenvalue weighted by atomic mass is 32.1. The molecule has 0 spiro atoms. The van der Waals surface area contributed by atoms with E-state index < -0.39 is 0 Å². The summed E-state index contributed by atoms with van der Waals surface area (Å²) in [7, 11) is 0. The van der Waals surface area contributed by atoms with Gasteiger partial charge in [-0.15, -0.1) is 0 Å². The number of thiocarbonyl (C=S) groups is 1. The number of benzene rings is 2. The van der Waals surface area contributed by atoms with Crippen LogP contribution in [0.15, 0.2) is 54.6 Å². The fourth-order valence-electron chi connectivity index (χ4n) is 1.90. The third-order valence-electron chi connectivity index (χ3n) is 3.14.